The summed E-state index contributed by atoms with van der Waals surface area (Å²) in [7, 11) is 0. The Morgan fingerprint density at radius 1 is 0.825 bits per heavy atom. The largest absolute Gasteiger partial charge is 0.493 e. The number of hydrogen-bond donors (Lipinski definition) is 0. The number of para-hydroxylation sites is 1. The van der Waals surface area contributed by atoms with Crippen LogP contribution in [0.3, 0.4) is 0 Å². The number of benzene rings is 3. The Labute approximate surface area is 238 Å². The maximum atomic E-state index is 6.21. The van der Waals surface area contributed by atoms with Crippen molar-refractivity contribution in [2.75, 3.05) is 6.61 Å². The smallest absolute Gasteiger partial charge is 0.254 e. The number of aromatic nitrogens is 5. The summed E-state index contributed by atoms with van der Waals surface area (Å²) in [5.74, 6) is 2.25. The Kier molecular flexibility index (Phi) is 8.63. The summed E-state index contributed by atoms with van der Waals surface area (Å²) in [6.45, 7) is 12.8. The second-order valence-corrected chi connectivity index (χ2v) is 11.2. The van der Waals surface area contributed by atoms with Crippen molar-refractivity contribution in [1.82, 2.24) is 14.5 Å². The van der Waals surface area contributed by atoms with Gasteiger partial charge >= 0.3 is 0 Å². The first-order chi connectivity index (χ1) is 19.4. The van der Waals surface area contributed by atoms with Crippen LogP contribution < -0.4 is 14.0 Å². The molecule has 0 unspecified atom stereocenters. The average molecular weight is 538 g/mol. The molecule has 2 aromatic heterocycles. The van der Waals surface area contributed by atoms with Crippen molar-refractivity contribution in [2.24, 2.45) is 0 Å². The highest BCUT2D eigenvalue weighted by Crippen LogP contribution is 2.25. The lowest BCUT2D eigenvalue weighted by atomic mass is 10.1. The van der Waals surface area contributed by atoms with E-state index in [2.05, 4.69) is 127 Å². The van der Waals surface area contributed by atoms with Gasteiger partial charge in [-0.05, 0) is 77.6 Å². The number of nitrogens with zero attached hydrogens (tertiary/aromatic N) is 5. The lowest BCUT2D eigenvalue weighted by Crippen LogP contribution is -2.38. The molecule has 208 valence electrons. The van der Waals surface area contributed by atoms with Gasteiger partial charge in [-0.3, -0.25) is 0 Å². The van der Waals surface area contributed by atoms with E-state index in [4.69, 9.17) is 9.95 Å². The van der Waals surface area contributed by atoms with Crippen molar-refractivity contribution < 1.29 is 14.0 Å². The van der Waals surface area contributed by atoms with Crippen LogP contribution in [-0.4, -0.2) is 21.1 Å². The third-order valence-electron chi connectivity index (χ3n) is 7.55. The number of ether oxygens (including phenoxy) is 1. The van der Waals surface area contributed by atoms with E-state index in [1.54, 1.807) is 0 Å². The van der Waals surface area contributed by atoms with E-state index >= 15 is 0 Å². The van der Waals surface area contributed by atoms with E-state index in [1.165, 1.54) is 22.4 Å². The molecular formula is C34H43N5O+2. The number of hydrogen-bond acceptors (Lipinski definition) is 2. The zero-order valence-corrected chi connectivity index (χ0v) is 24.6. The zero-order chi connectivity index (χ0) is 28.1. The van der Waals surface area contributed by atoms with Gasteiger partial charge in [0.1, 0.15) is 12.3 Å². The predicted molar refractivity (Wildman–Crippen MR) is 161 cm³/mol. The molecular weight excluding hydrogens is 494 g/mol. The van der Waals surface area contributed by atoms with Crippen LogP contribution in [0.2, 0.25) is 0 Å². The number of unbranched alkanes of at least 4 members (excludes halogenated alkanes) is 3. The molecule has 40 heavy (non-hydrogen) atoms. The fourth-order valence-electron chi connectivity index (χ4n) is 5.74. The molecule has 0 radical (unpaired) electrons. The number of imidazole rings is 1. The quantitative estimate of drug-likeness (QED) is 0.125. The lowest BCUT2D eigenvalue weighted by Gasteiger charge is -2.07. The van der Waals surface area contributed by atoms with Crippen LogP contribution in [0.4, 0.5) is 0 Å². The molecule has 0 atom stereocenters. The maximum Gasteiger partial charge on any atom is 0.254 e. The molecule has 0 N–H and O–H groups in total. The minimum Gasteiger partial charge on any atom is -0.493 e. The lowest BCUT2D eigenvalue weighted by molar-refractivity contribution is -0.745. The molecule has 0 spiro atoms. The summed E-state index contributed by atoms with van der Waals surface area (Å²) in [4.78, 5) is 0. The van der Waals surface area contributed by atoms with Gasteiger partial charge in [-0.2, -0.15) is 0 Å². The normalized spacial score (nSPS) is 11.7. The SMILES string of the molecule is Cc1n(C(C)C)c2cc(OCCCCCC[n+]3nn(-c4ccccc4)cc3-c3ccccc3)ccc2[n+]1C(C)C. The monoisotopic (exact) mass is 537 g/mol. The first kappa shape index (κ1) is 27.6. The van der Waals surface area contributed by atoms with Crippen LogP contribution in [0.25, 0.3) is 28.0 Å². The summed E-state index contributed by atoms with van der Waals surface area (Å²) in [5, 5.41) is 4.90. The second kappa shape index (κ2) is 12.5. The van der Waals surface area contributed by atoms with Gasteiger partial charge in [0.15, 0.2) is 28.6 Å². The first-order valence-corrected chi connectivity index (χ1v) is 14.7. The number of fused-ring (bicyclic) bond motifs is 1. The standard InChI is InChI=1S/C34H43N5O/c1-26(2)38-28(5)39(27(3)4)33-24-31(20-21-32(33)38)40-23-15-7-6-14-22-36-34(29-16-10-8-11-17-29)25-37(35-36)30-18-12-9-13-19-30/h8-13,16-21,24-27H,6-7,14-15,22-23H2,1-5H3/q+2. The molecule has 3 aromatic carbocycles. The molecule has 6 heteroatoms. The van der Waals surface area contributed by atoms with Crippen molar-refractivity contribution in [1.29, 1.82) is 0 Å². The molecule has 0 amide bonds. The fraction of sp³-hybridized carbons (Fsp3) is 0.382. The third-order valence-corrected chi connectivity index (χ3v) is 7.55. The Morgan fingerprint density at radius 2 is 1.52 bits per heavy atom. The molecule has 5 aromatic rings. The highest BCUT2D eigenvalue weighted by Gasteiger charge is 2.25. The molecule has 0 saturated carbocycles. The molecule has 0 aliphatic rings. The van der Waals surface area contributed by atoms with Crippen molar-refractivity contribution in [2.45, 2.75) is 78.9 Å². The first-order valence-electron chi connectivity index (χ1n) is 14.7. The van der Waals surface area contributed by atoms with Crippen LogP contribution in [-0.2, 0) is 6.54 Å². The van der Waals surface area contributed by atoms with Crippen LogP contribution in [0, 0.1) is 6.92 Å². The van der Waals surface area contributed by atoms with E-state index < -0.39 is 0 Å². The van der Waals surface area contributed by atoms with E-state index in [0.29, 0.717) is 12.1 Å². The van der Waals surface area contributed by atoms with Crippen molar-refractivity contribution >= 4 is 11.0 Å². The van der Waals surface area contributed by atoms with Crippen molar-refractivity contribution in [3.8, 4) is 22.7 Å². The highest BCUT2D eigenvalue weighted by molar-refractivity contribution is 5.74. The van der Waals surface area contributed by atoms with Crippen molar-refractivity contribution in [3.05, 3.63) is 90.9 Å². The Morgan fingerprint density at radius 3 is 2.23 bits per heavy atom. The summed E-state index contributed by atoms with van der Waals surface area (Å²) in [5.41, 5.74) is 5.93. The third kappa shape index (κ3) is 5.96. The molecule has 2 heterocycles. The Balaban J connectivity index is 1.16. The van der Waals surface area contributed by atoms with E-state index in [1.807, 2.05) is 10.7 Å². The van der Waals surface area contributed by atoms with E-state index in [9.17, 15) is 0 Å². The van der Waals surface area contributed by atoms with Gasteiger partial charge in [0.05, 0.1) is 23.9 Å². The average Bonchev–Trinajstić information content (AvgIpc) is 3.51. The second-order valence-electron chi connectivity index (χ2n) is 11.2. The molecule has 0 aliphatic heterocycles. The minimum absolute atomic E-state index is 0.400. The summed E-state index contributed by atoms with van der Waals surface area (Å²) in [6, 6.07) is 28.2. The summed E-state index contributed by atoms with van der Waals surface area (Å²) >= 11 is 0. The van der Waals surface area contributed by atoms with E-state index in [-0.39, 0.29) is 0 Å². The number of aryl methyl sites for hydroxylation is 1. The fourth-order valence-corrected chi connectivity index (χ4v) is 5.74. The van der Waals surface area contributed by atoms with Crippen LogP contribution >= 0.6 is 0 Å². The minimum atomic E-state index is 0.400. The van der Waals surface area contributed by atoms with Gasteiger partial charge in [0, 0.05) is 18.6 Å². The molecule has 0 saturated heterocycles. The van der Waals surface area contributed by atoms with Crippen molar-refractivity contribution in [3.63, 3.8) is 0 Å². The summed E-state index contributed by atoms with van der Waals surface area (Å²) in [6.07, 6.45) is 6.54. The highest BCUT2D eigenvalue weighted by atomic mass is 16.5. The van der Waals surface area contributed by atoms with Gasteiger partial charge in [-0.25, -0.2) is 9.13 Å². The van der Waals surface area contributed by atoms with Gasteiger partial charge in [-0.15, -0.1) is 9.36 Å². The predicted octanol–water partition coefficient (Wildman–Crippen LogP) is 7.18. The van der Waals surface area contributed by atoms with Crippen LogP contribution in [0.15, 0.2) is 85.1 Å². The molecule has 5 rings (SSSR count). The molecule has 6 nitrogen and oxygen atoms in total. The zero-order valence-electron chi connectivity index (χ0n) is 24.6. The molecule has 0 fully saturated rings. The van der Waals surface area contributed by atoms with Gasteiger partial charge < -0.3 is 4.74 Å². The van der Waals surface area contributed by atoms with Crippen LogP contribution in [0.5, 0.6) is 5.75 Å². The number of rotatable bonds is 12. The van der Waals surface area contributed by atoms with E-state index in [0.717, 1.165) is 56.0 Å². The summed E-state index contributed by atoms with van der Waals surface area (Å²) < 4.78 is 15.2. The van der Waals surface area contributed by atoms with Gasteiger partial charge in [-0.1, -0.05) is 48.5 Å². The Hall–Kier alpha value is -3.93. The molecule has 0 bridgehead atoms. The van der Waals surface area contributed by atoms with Gasteiger partial charge in [0.25, 0.3) is 5.82 Å². The van der Waals surface area contributed by atoms with Gasteiger partial charge in [0.2, 0.25) is 0 Å². The maximum absolute atomic E-state index is 6.21. The van der Waals surface area contributed by atoms with Crippen LogP contribution in [0.1, 0.15) is 71.3 Å². The topological polar surface area (TPSA) is 39.7 Å². The Bertz CT molecular complexity index is 1530. The molecule has 0 aliphatic carbocycles.